The van der Waals surface area contributed by atoms with Crippen LogP contribution in [0.2, 0.25) is 0 Å². The molecule has 0 radical (unpaired) electrons. The van der Waals surface area contributed by atoms with Crippen LogP contribution < -0.4 is 0 Å². The second-order valence-electron chi connectivity index (χ2n) is 8.66. The number of carbonyl (C=O) groups is 4. The Labute approximate surface area is 178 Å². The van der Waals surface area contributed by atoms with Crippen molar-refractivity contribution in [1.82, 2.24) is 4.90 Å². The lowest BCUT2D eigenvalue weighted by Gasteiger charge is -2.28. The first kappa shape index (κ1) is 20.3. The summed E-state index contributed by atoms with van der Waals surface area (Å²) in [5.74, 6) is -1.83. The molecule has 0 spiro atoms. The highest BCUT2D eigenvalue weighted by molar-refractivity contribution is 9.10. The van der Waals surface area contributed by atoms with Crippen LogP contribution in [0, 0.1) is 29.6 Å². The van der Waals surface area contributed by atoms with E-state index < -0.39 is 18.6 Å². The maximum atomic E-state index is 13.1. The normalized spacial score (nSPS) is 28.8. The Balaban J connectivity index is 1.47. The number of fused-ring (bicyclic) bond motifs is 5. The number of hydrogen-bond acceptors (Lipinski definition) is 5. The summed E-state index contributed by atoms with van der Waals surface area (Å²) in [7, 11) is 0. The minimum atomic E-state index is -0.988. The number of Topliss-reactive ketones (excluding diaryl/α,β-unsaturated/α-hetero) is 1. The van der Waals surface area contributed by atoms with Crippen LogP contribution in [-0.4, -0.2) is 41.1 Å². The zero-order chi connectivity index (χ0) is 20.9. The van der Waals surface area contributed by atoms with Crippen LogP contribution in [0.3, 0.4) is 0 Å². The second kappa shape index (κ2) is 7.67. The largest absolute Gasteiger partial charge is 0.456 e. The van der Waals surface area contributed by atoms with Crippen LogP contribution in [0.15, 0.2) is 28.7 Å². The van der Waals surface area contributed by atoms with Crippen LogP contribution in [0.25, 0.3) is 0 Å². The van der Waals surface area contributed by atoms with Gasteiger partial charge in [-0.05, 0) is 49.1 Å². The van der Waals surface area contributed by atoms with Gasteiger partial charge in [-0.1, -0.05) is 41.9 Å². The Bertz CT molecular complexity index is 836. The van der Waals surface area contributed by atoms with Gasteiger partial charge in [-0.3, -0.25) is 19.3 Å². The standard InChI is InChI=1S/C22H24BrNO5/c1-11(2)19(22(28)29-10-16(25)12-5-7-15(23)8-6-12)24-20(26)17-13-3-4-14(9-13)18(17)21(24)27/h5-8,11,13-14,17-19H,3-4,9-10H2,1-2H3/t13-,14+,17-,18-,19+/m0/s1. The number of ketones is 1. The molecular formula is C22H24BrNO5. The summed E-state index contributed by atoms with van der Waals surface area (Å²) >= 11 is 3.31. The third-order valence-electron chi connectivity index (χ3n) is 6.62. The first-order valence-electron chi connectivity index (χ1n) is 10.1. The van der Waals surface area contributed by atoms with E-state index in [1.807, 2.05) is 0 Å². The summed E-state index contributed by atoms with van der Waals surface area (Å²) in [6.07, 6.45) is 2.91. The molecule has 0 aromatic heterocycles. The highest BCUT2D eigenvalue weighted by Gasteiger charge is 2.62. The molecular weight excluding hydrogens is 438 g/mol. The Morgan fingerprint density at radius 3 is 2.14 bits per heavy atom. The molecule has 2 saturated carbocycles. The Morgan fingerprint density at radius 2 is 1.62 bits per heavy atom. The summed E-state index contributed by atoms with van der Waals surface area (Å²) in [5.41, 5.74) is 0.432. The molecule has 1 aromatic rings. The van der Waals surface area contributed by atoms with Gasteiger partial charge >= 0.3 is 5.97 Å². The number of esters is 1. The molecule has 1 aromatic carbocycles. The number of amides is 2. The first-order valence-corrected chi connectivity index (χ1v) is 10.9. The van der Waals surface area contributed by atoms with Crippen molar-refractivity contribution in [2.45, 2.75) is 39.2 Å². The average Bonchev–Trinajstić information content (AvgIpc) is 3.36. The molecule has 154 valence electrons. The lowest BCUT2D eigenvalue weighted by molar-refractivity contribution is -0.160. The number of ether oxygens (including phenoxy) is 1. The summed E-state index contributed by atoms with van der Waals surface area (Å²) in [5, 5.41) is 0. The third kappa shape index (κ3) is 3.43. The number of benzene rings is 1. The van der Waals surface area contributed by atoms with E-state index in [0.717, 1.165) is 28.6 Å². The van der Waals surface area contributed by atoms with Gasteiger partial charge in [0.25, 0.3) is 0 Å². The average molecular weight is 462 g/mol. The minimum Gasteiger partial charge on any atom is -0.456 e. The number of halogens is 1. The predicted molar refractivity (Wildman–Crippen MR) is 108 cm³/mol. The van der Waals surface area contributed by atoms with Crippen molar-refractivity contribution in [3.05, 3.63) is 34.3 Å². The number of hydrogen-bond donors (Lipinski definition) is 0. The monoisotopic (exact) mass is 461 g/mol. The van der Waals surface area contributed by atoms with E-state index in [-0.39, 0.29) is 47.2 Å². The highest BCUT2D eigenvalue weighted by atomic mass is 79.9. The molecule has 29 heavy (non-hydrogen) atoms. The molecule has 2 amide bonds. The number of likely N-dealkylation sites (tertiary alicyclic amines) is 1. The van der Waals surface area contributed by atoms with Gasteiger partial charge in [-0.25, -0.2) is 4.79 Å². The number of carbonyl (C=O) groups excluding carboxylic acids is 4. The number of imide groups is 1. The Morgan fingerprint density at radius 1 is 1.07 bits per heavy atom. The van der Waals surface area contributed by atoms with Crippen LogP contribution in [0.1, 0.15) is 43.5 Å². The van der Waals surface area contributed by atoms with E-state index in [1.165, 1.54) is 0 Å². The molecule has 1 aliphatic heterocycles. The van der Waals surface area contributed by atoms with Gasteiger partial charge < -0.3 is 4.74 Å². The molecule has 7 heteroatoms. The SMILES string of the molecule is CC(C)[C@H](C(=O)OCC(=O)c1ccc(Br)cc1)N1C(=O)[C@H]2[C@@H]3CC[C@@H](C3)[C@@H]2C1=O. The molecule has 0 unspecified atom stereocenters. The van der Waals surface area contributed by atoms with E-state index >= 15 is 0 Å². The van der Waals surface area contributed by atoms with Crippen LogP contribution in [0.5, 0.6) is 0 Å². The molecule has 2 bridgehead atoms. The fourth-order valence-corrected chi connectivity index (χ4v) is 5.59. The van der Waals surface area contributed by atoms with Gasteiger partial charge in [-0.2, -0.15) is 0 Å². The lowest BCUT2D eigenvalue weighted by Crippen LogP contribution is -2.50. The quantitative estimate of drug-likeness (QED) is 0.369. The topological polar surface area (TPSA) is 80.8 Å². The van der Waals surface area contributed by atoms with Crippen molar-refractivity contribution in [2.24, 2.45) is 29.6 Å². The summed E-state index contributed by atoms with van der Waals surface area (Å²) in [6.45, 7) is 3.15. The summed E-state index contributed by atoms with van der Waals surface area (Å²) in [4.78, 5) is 52.4. The Kier molecular flexibility index (Phi) is 5.36. The van der Waals surface area contributed by atoms with Gasteiger partial charge in [0, 0.05) is 10.0 Å². The predicted octanol–water partition coefficient (Wildman–Crippen LogP) is 3.23. The van der Waals surface area contributed by atoms with Crippen molar-refractivity contribution in [3.63, 3.8) is 0 Å². The van der Waals surface area contributed by atoms with E-state index in [1.54, 1.807) is 38.1 Å². The van der Waals surface area contributed by atoms with Crippen LogP contribution >= 0.6 is 15.9 Å². The third-order valence-corrected chi connectivity index (χ3v) is 7.15. The van der Waals surface area contributed by atoms with Crippen molar-refractivity contribution in [1.29, 1.82) is 0 Å². The smallest absolute Gasteiger partial charge is 0.330 e. The molecule has 4 rings (SSSR count). The summed E-state index contributed by atoms with van der Waals surface area (Å²) < 4.78 is 6.11. The number of nitrogens with zero attached hydrogens (tertiary/aromatic N) is 1. The number of rotatable bonds is 6. The maximum absolute atomic E-state index is 13.1. The molecule has 1 heterocycles. The van der Waals surface area contributed by atoms with Gasteiger partial charge in [0.1, 0.15) is 6.04 Å². The van der Waals surface area contributed by atoms with Crippen LogP contribution in [-0.2, 0) is 19.1 Å². The van der Waals surface area contributed by atoms with Gasteiger partial charge in [0.2, 0.25) is 11.8 Å². The first-order chi connectivity index (χ1) is 13.8. The zero-order valence-corrected chi connectivity index (χ0v) is 18.1. The van der Waals surface area contributed by atoms with E-state index in [0.29, 0.717) is 5.56 Å². The van der Waals surface area contributed by atoms with Crippen molar-refractivity contribution in [2.75, 3.05) is 6.61 Å². The molecule has 3 fully saturated rings. The zero-order valence-electron chi connectivity index (χ0n) is 16.5. The fourth-order valence-electron chi connectivity index (χ4n) is 5.32. The minimum absolute atomic E-state index is 0.234. The van der Waals surface area contributed by atoms with Gasteiger partial charge in [-0.15, -0.1) is 0 Å². The maximum Gasteiger partial charge on any atom is 0.330 e. The van der Waals surface area contributed by atoms with Crippen molar-refractivity contribution >= 4 is 39.5 Å². The van der Waals surface area contributed by atoms with Crippen molar-refractivity contribution < 1.29 is 23.9 Å². The molecule has 3 aliphatic rings. The molecule has 5 atom stereocenters. The van der Waals surface area contributed by atoms with E-state index in [4.69, 9.17) is 4.74 Å². The fraction of sp³-hybridized carbons (Fsp3) is 0.545. The second-order valence-corrected chi connectivity index (χ2v) is 9.57. The van der Waals surface area contributed by atoms with Gasteiger partial charge in [0.05, 0.1) is 11.8 Å². The molecule has 1 saturated heterocycles. The highest BCUT2D eigenvalue weighted by Crippen LogP contribution is 2.56. The van der Waals surface area contributed by atoms with Crippen molar-refractivity contribution in [3.8, 4) is 0 Å². The summed E-state index contributed by atoms with van der Waals surface area (Å²) in [6, 6.07) is 5.77. The Hall–Kier alpha value is -2.02. The van der Waals surface area contributed by atoms with Gasteiger partial charge in [0.15, 0.2) is 12.4 Å². The van der Waals surface area contributed by atoms with E-state index in [9.17, 15) is 19.2 Å². The van der Waals surface area contributed by atoms with E-state index in [2.05, 4.69) is 15.9 Å². The molecule has 2 aliphatic carbocycles. The molecule has 6 nitrogen and oxygen atoms in total. The van der Waals surface area contributed by atoms with Crippen LogP contribution in [0.4, 0.5) is 0 Å². The lowest BCUT2D eigenvalue weighted by atomic mass is 9.81. The molecule has 0 N–H and O–H groups in total.